The first-order valence-corrected chi connectivity index (χ1v) is 13.5. The lowest BCUT2D eigenvalue weighted by Gasteiger charge is -2.36. The SMILES string of the molecule is C=CCOC(=O)C1=C(C)N(c2cccc(C(F)(F)F)c2)C(=O)NC1c1ccc(C#N)cc1S(=O)(=O)c1ccccc1. The van der Waals surface area contributed by atoms with E-state index in [0.29, 0.717) is 0 Å². The van der Waals surface area contributed by atoms with E-state index in [-0.39, 0.29) is 44.5 Å². The monoisotopic (exact) mass is 581 g/mol. The molecule has 4 rings (SSSR count). The summed E-state index contributed by atoms with van der Waals surface area (Å²) >= 11 is 0. The van der Waals surface area contributed by atoms with Crippen molar-refractivity contribution in [2.75, 3.05) is 11.5 Å². The van der Waals surface area contributed by atoms with E-state index in [1.54, 1.807) is 6.07 Å². The van der Waals surface area contributed by atoms with Crippen LogP contribution in [0, 0.1) is 11.3 Å². The Labute approximate surface area is 233 Å². The third kappa shape index (κ3) is 5.71. The molecule has 8 nitrogen and oxygen atoms in total. The van der Waals surface area contributed by atoms with Gasteiger partial charge in [0, 0.05) is 5.70 Å². The van der Waals surface area contributed by atoms with Crippen molar-refractivity contribution in [3.63, 3.8) is 0 Å². The molecule has 12 heteroatoms. The number of urea groups is 1. The molecular formula is C29H22F3N3O5S. The first-order valence-electron chi connectivity index (χ1n) is 12.0. The molecule has 0 saturated heterocycles. The van der Waals surface area contributed by atoms with Crippen LogP contribution in [0.15, 0.2) is 107 Å². The molecule has 0 fully saturated rings. The molecule has 1 unspecified atom stereocenters. The van der Waals surface area contributed by atoms with Crippen molar-refractivity contribution < 1.29 is 35.9 Å². The van der Waals surface area contributed by atoms with Gasteiger partial charge in [-0.25, -0.2) is 18.0 Å². The van der Waals surface area contributed by atoms with Gasteiger partial charge in [-0.3, -0.25) is 4.90 Å². The van der Waals surface area contributed by atoms with Crippen molar-refractivity contribution >= 4 is 27.5 Å². The Morgan fingerprint density at radius 1 is 1.12 bits per heavy atom. The van der Waals surface area contributed by atoms with Crippen LogP contribution < -0.4 is 10.2 Å². The predicted octanol–water partition coefficient (Wildman–Crippen LogP) is 5.68. The van der Waals surface area contributed by atoms with Gasteiger partial charge < -0.3 is 10.1 Å². The number of alkyl halides is 3. The van der Waals surface area contributed by atoms with E-state index in [2.05, 4.69) is 11.9 Å². The fourth-order valence-corrected chi connectivity index (χ4v) is 5.93. The average molecular weight is 582 g/mol. The Hall–Kier alpha value is -4.89. The van der Waals surface area contributed by atoms with Crippen LogP contribution in [0.4, 0.5) is 23.7 Å². The van der Waals surface area contributed by atoms with Crippen LogP contribution in [0.5, 0.6) is 0 Å². The Morgan fingerprint density at radius 2 is 1.83 bits per heavy atom. The van der Waals surface area contributed by atoms with Gasteiger partial charge in [0.25, 0.3) is 0 Å². The van der Waals surface area contributed by atoms with E-state index in [4.69, 9.17) is 4.74 Å². The van der Waals surface area contributed by atoms with Crippen LogP contribution in [0.25, 0.3) is 0 Å². The lowest BCUT2D eigenvalue weighted by atomic mass is 9.93. The zero-order valence-corrected chi connectivity index (χ0v) is 22.3. The van der Waals surface area contributed by atoms with E-state index >= 15 is 0 Å². The molecule has 41 heavy (non-hydrogen) atoms. The average Bonchev–Trinajstić information content (AvgIpc) is 2.95. The molecule has 0 bridgehead atoms. The molecule has 1 atom stereocenters. The summed E-state index contributed by atoms with van der Waals surface area (Å²) < 4.78 is 72.9. The minimum absolute atomic E-state index is 0.00692. The fourth-order valence-electron chi connectivity index (χ4n) is 4.39. The van der Waals surface area contributed by atoms with Crippen molar-refractivity contribution in [2.24, 2.45) is 0 Å². The van der Waals surface area contributed by atoms with E-state index in [1.807, 2.05) is 6.07 Å². The van der Waals surface area contributed by atoms with Crippen molar-refractivity contribution in [1.29, 1.82) is 5.26 Å². The zero-order valence-electron chi connectivity index (χ0n) is 21.5. The molecular weight excluding hydrogens is 559 g/mol. The zero-order chi connectivity index (χ0) is 29.9. The van der Waals surface area contributed by atoms with E-state index in [9.17, 15) is 36.4 Å². The number of esters is 1. The van der Waals surface area contributed by atoms with Crippen LogP contribution in [0.3, 0.4) is 0 Å². The van der Waals surface area contributed by atoms with E-state index in [0.717, 1.165) is 29.2 Å². The first-order chi connectivity index (χ1) is 19.4. The Kier molecular flexibility index (Phi) is 8.02. The standard InChI is InChI=1S/C29H22F3N3O5S/c1-3-14-40-27(36)25-18(2)35(21-9-7-8-20(16-21)29(30,31)32)28(37)34-26(25)23-13-12-19(17-33)15-24(23)41(38,39)22-10-5-4-6-11-22/h3-13,15-16,26H,1,14H2,2H3,(H,34,37). The number of hydrogen-bond acceptors (Lipinski definition) is 6. The topological polar surface area (TPSA) is 117 Å². The highest BCUT2D eigenvalue weighted by molar-refractivity contribution is 7.91. The highest BCUT2D eigenvalue weighted by Gasteiger charge is 2.40. The Morgan fingerprint density at radius 3 is 2.46 bits per heavy atom. The van der Waals surface area contributed by atoms with E-state index in [1.165, 1.54) is 55.5 Å². The number of amides is 2. The summed E-state index contributed by atoms with van der Waals surface area (Å²) in [5.41, 5.74) is -1.55. The number of nitrogens with one attached hydrogen (secondary N) is 1. The number of anilines is 1. The number of carbonyl (C=O) groups excluding carboxylic acids is 2. The Bertz CT molecular complexity index is 1710. The van der Waals surface area contributed by atoms with Crippen molar-refractivity contribution in [2.45, 2.75) is 28.9 Å². The molecule has 210 valence electrons. The lowest BCUT2D eigenvalue weighted by molar-refractivity contribution is -0.139. The number of halogens is 3. The van der Waals surface area contributed by atoms with Crippen LogP contribution in [-0.2, 0) is 25.5 Å². The van der Waals surface area contributed by atoms with Crippen molar-refractivity contribution in [3.8, 4) is 6.07 Å². The molecule has 1 aliphatic heterocycles. The fraction of sp³-hybridized carbons (Fsp3) is 0.138. The molecule has 1 aliphatic rings. The van der Waals surface area contributed by atoms with Gasteiger partial charge in [-0.2, -0.15) is 18.4 Å². The summed E-state index contributed by atoms with van der Waals surface area (Å²) in [6.45, 7) is 4.60. The number of rotatable bonds is 7. The van der Waals surface area contributed by atoms with E-state index < -0.39 is 39.6 Å². The summed E-state index contributed by atoms with van der Waals surface area (Å²) in [6.07, 6.45) is -3.40. The third-order valence-corrected chi connectivity index (χ3v) is 8.09. The number of sulfone groups is 1. The number of hydrogen-bond donors (Lipinski definition) is 1. The third-order valence-electron chi connectivity index (χ3n) is 6.27. The Balaban J connectivity index is 1.96. The summed E-state index contributed by atoms with van der Waals surface area (Å²) in [5, 5.41) is 12.0. The first kappa shape index (κ1) is 29.1. The maximum Gasteiger partial charge on any atom is 0.416 e. The van der Waals surface area contributed by atoms with Crippen molar-refractivity contribution in [1.82, 2.24) is 5.32 Å². The molecule has 0 saturated carbocycles. The van der Waals surface area contributed by atoms with Gasteiger partial charge in [0.05, 0.1) is 44.3 Å². The maximum atomic E-state index is 13.7. The molecule has 0 spiro atoms. The minimum Gasteiger partial charge on any atom is -0.458 e. The molecule has 3 aromatic carbocycles. The highest BCUT2D eigenvalue weighted by atomic mass is 32.2. The number of benzene rings is 3. The minimum atomic E-state index is -4.70. The maximum absolute atomic E-state index is 13.7. The second-order valence-corrected chi connectivity index (χ2v) is 10.8. The molecule has 2 amide bonds. The van der Waals surface area contributed by atoms with Crippen molar-refractivity contribution in [3.05, 3.63) is 113 Å². The largest absolute Gasteiger partial charge is 0.458 e. The summed E-state index contributed by atoms with van der Waals surface area (Å²) in [5.74, 6) is -0.961. The number of ether oxygens (including phenoxy) is 1. The smallest absolute Gasteiger partial charge is 0.416 e. The molecule has 1 heterocycles. The number of allylic oxidation sites excluding steroid dienone is 1. The molecule has 1 N–H and O–H groups in total. The van der Waals surface area contributed by atoms with Gasteiger partial charge in [-0.1, -0.05) is 43.0 Å². The van der Waals surface area contributed by atoms with Crippen LogP contribution in [0.2, 0.25) is 0 Å². The number of nitriles is 1. The highest BCUT2D eigenvalue weighted by Crippen LogP contribution is 2.39. The number of carbonyl (C=O) groups is 2. The van der Waals surface area contributed by atoms with Crippen LogP contribution in [-0.4, -0.2) is 27.0 Å². The molecule has 3 aromatic rings. The van der Waals surface area contributed by atoms with Gasteiger partial charge in [0.1, 0.15) is 6.61 Å². The second-order valence-electron chi connectivity index (χ2n) is 8.83. The molecule has 0 radical (unpaired) electrons. The lowest BCUT2D eigenvalue weighted by Crippen LogP contribution is -2.48. The van der Waals surface area contributed by atoms with Gasteiger partial charge >= 0.3 is 18.2 Å². The summed E-state index contributed by atoms with van der Waals surface area (Å²) in [7, 11) is -4.27. The quantitative estimate of drug-likeness (QED) is 0.283. The van der Waals surface area contributed by atoms with Gasteiger partial charge in [0.15, 0.2) is 0 Å². The van der Waals surface area contributed by atoms with Crippen LogP contribution >= 0.6 is 0 Å². The van der Waals surface area contributed by atoms with Gasteiger partial charge in [0.2, 0.25) is 9.84 Å². The molecule has 0 aromatic heterocycles. The second kappa shape index (κ2) is 11.3. The van der Waals surface area contributed by atoms with Crippen LogP contribution in [0.1, 0.15) is 29.7 Å². The summed E-state index contributed by atoms with van der Waals surface area (Å²) in [4.78, 5) is 27.2. The molecule has 0 aliphatic carbocycles. The predicted molar refractivity (Wildman–Crippen MR) is 142 cm³/mol. The van der Waals surface area contributed by atoms with Gasteiger partial charge in [-0.15, -0.1) is 0 Å². The summed E-state index contributed by atoms with van der Waals surface area (Å²) in [6, 6.07) is 14.6. The number of nitrogens with zero attached hydrogens (tertiary/aromatic N) is 2. The van der Waals surface area contributed by atoms with Gasteiger partial charge in [-0.05, 0) is 55.0 Å². The normalized spacial score (nSPS) is 15.6.